The standard InChI is InChI=1S/C13H14O4/c1-9(14)17-12(10-5-3-2-4-6-10)11-7-8-16-13(11)15/h2-6,11-12H,7-8H2,1H3/t11-,12+/m1/s1. The molecule has 2 rings (SSSR count). The molecule has 1 fully saturated rings. The summed E-state index contributed by atoms with van der Waals surface area (Å²) in [4.78, 5) is 22.7. The van der Waals surface area contributed by atoms with Crippen molar-refractivity contribution in [1.29, 1.82) is 0 Å². The first kappa shape index (κ1) is 11.6. The molecule has 0 N–H and O–H groups in total. The highest BCUT2D eigenvalue weighted by molar-refractivity contribution is 5.76. The Labute approximate surface area is 99.5 Å². The second kappa shape index (κ2) is 4.99. The van der Waals surface area contributed by atoms with Crippen molar-refractivity contribution in [3.63, 3.8) is 0 Å². The van der Waals surface area contributed by atoms with Crippen LogP contribution in [0.1, 0.15) is 25.0 Å². The molecule has 0 aliphatic carbocycles. The van der Waals surface area contributed by atoms with E-state index in [0.29, 0.717) is 13.0 Å². The molecule has 17 heavy (non-hydrogen) atoms. The van der Waals surface area contributed by atoms with E-state index in [1.54, 1.807) is 0 Å². The molecule has 0 amide bonds. The van der Waals surface area contributed by atoms with Crippen molar-refractivity contribution >= 4 is 11.9 Å². The van der Waals surface area contributed by atoms with E-state index in [4.69, 9.17) is 9.47 Å². The molecule has 1 saturated heterocycles. The summed E-state index contributed by atoms with van der Waals surface area (Å²) in [6, 6.07) is 9.28. The SMILES string of the molecule is CC(=O)O[C@@H](c1ccccc1)[C@H]1CCOC1=O. The Morgan fingerprint density at radius 1 is 1.41 bits per heavy atom. The average Bonchev–Trinajstić information content (AvgIpc) is 2.73. The van der Waals surface area contributed by atoms with E-state index in [2.05, 4.69) is 0 Å². The quantitative estimate of drug-likeness (QED) is 0.749. The third kappa shape index (κ3) is 2.64. The smallest absolute Gasteiger partial charge is 0.313 e. The summed E-state index contributed by atoms with van der Waals surface area (Å²) >= 11 is 0. The topological polar surface area (TPSA) is 52.6 Å². The van der Waals surface area contributed by atoms with Gasteiger partial charge in [-0.3, -0.25) is 9.59 Å². The van der Waals surface area contributed by atoms with Gasteiger partial charge in [-0.2, -0.15) is 0 Å². The fourth-order valence-electron chi connectivity index (χ4n) is 1.99. The molecular formula is C13H14O4. The maximum Gasteiger partial charge on any atom is 0.313 e. The molecule has 0 aromatic heterocycles. The number of hydrogen-bond acceptors (Lipinski definition) is 4. The Bertz CT molecular complexity index is 413. The molecule has 0 unspecified atom stereocenters. The molecule has 90 valence electrons. The number of cyclic esters (lactones) is 1. The fourth-order valence-corrected chi connectivity index (χ4v) is 1.99. The second-order valence-electron chi connectivity index (χ2n) is 4.00. The highest BCUT2D eigenvalue weighted by Crippen LogP contribution is 2.32. The lowest BCUT2D eigenvalue weighted by Gasteiger charge is -2.20. The monoisotopic (exact) mass is 234 g/mol. The van der Waals surface area contributed by atoms with Crippen molar-refractivity contribution in [1.82, 2.24) is 0 Å². The van der Waals surface area contributed by atoms with Gasteiger partial charge in [-0.15, -0.1) is 0 Å². The zero-order valence-corrected chi connectivity index (χ0v) is 9.59. The van der Waals surface area contributed by atoms with Crippen molar-refractivity contribution in [3.8, 4) is 0 Å². The number of carbonyl (C=O) groups excluding carboxylic acids is 2. The number of carbonyl (C=O) groups is 2. The minimum absolute atomic E-state index is 0.292. The highest BCUT2D eigenvalue weighted by atomic mass is 16.6. The van der Waals surface area contributed by atoms with Gasteiger partial charge in [-0.1, -0.05) is 30.3 Å². The van der Waals surface area contributed by atoms with Crippen LogP contribution < -0.4 is 0 Å². The molecule has 1 aliphatic rings. The van der Waals surface area contributed by atoms with Crippen molar-refractivity contribution in [2.45, 2.75) is 19.4 Å². The van der Waals surface area contributed by atoms with Gasteiger partial charge in [0.2, 0.25) is 0 Å². The van der Waals surface area contributed by atoms with Crippen molar-refractivity contribution in [2.75, 3.05) is 6.61 Å². The zero-order valence-electron chi connectivity index (χ0n) is 9.59. The van der Waals surface area contributed by atoms with Gasteiger partial charge in [-0.05, 0) is 12.0 Å². The van der Waals surface area contributed by atoms with E-state index < -0.39 is 12.1 Å². The van der Waals surface area contributed by atoms with E-state index in [-0.39, 0.29) is 11.9 Å². The van der Waals surface area contributed by atoms with Gasteiger partial charge in [0.25, 0.3) is 0 Å². The predicted molar refractivity (Wildman–Crippen MR) is 60.0 cm³/mol. The molecule has 4 nitrogen and oxygen atoms in total. The fraction of sp³-hybridized carbons (Fsp3) is 0.385. The molecule has 4 heteroatoms. The van der Waals surface area contributed by atoms with Crippen LogP contribution in [0.25, 0.3) is 0 Å². The maximum absolute atomic E-state index is 11.6. The largest absolute Gasteiger partial charge is 0.465 e. The Morgan fingerprint density at radius 2 is 2.12 bits per heavy atom. The van der Waals surface area contributed by atoms with Crippen LogP contribution >= 0.6 is 0 Å². The molecule has 1 aromatic rings. The predicted octanol–water partition coefficient (Wildman–Crippen LogP) is 1.85. The van der Waals surface area contributed by atoms with Gasteiger partial charge in [0.15, 0.2) is 0 Å². The van der Waals surface area contributed by atoms with Gasteiger partial charge in [0, 0.05) is 6.92 Å². The molecular weight excluding hydrogens is 220 g/mol. The van der Waals surface area contributed by atoms with Crippen LogP contribution in [0.5, 0.6) is 0 Å². The van der Waals surface area contributed by atoms with E-state index in [1.165, 1.54) is 6.92 Å². The van der Waals surface area contributed by atoms with Crippen LogP contribution in [0.15, 0.2) is 30.3 Å². The van der Waals surface area contributed by atoms with E-state index >= 15 is 0 Å². The van der Waals surface area contributed by atoms with Crippen molar-refractivity contribution in [2.24, 2.45) is 5.92 Å². The molecule has 0 radical (unpaired) electrons. The third-order valence-electron chi connectivity index (χ3n) is 2.76. The Kier molecular flexibility index (Phi) is 3.42. The lowest BCUT2D eigenvalue weighted by molar-refractivity contribution is -0.155. The average molecular weight is 234 g/mol. The summed E-state index contributed by atoms with van der Waals surface area (Å²) in [7, 11) is 0. The number of ether oxygens (including phenoxy) is 2. The maximum atomic E-state index is 11.6. The third-order valence-corrected chi connectivity index (χ3v) is 2.76. The van der Waals surface area contributed by atoms with Gasteiger partial charge in [-0.25, -0.2) is 0 Å². The van der Waals surface area contributed by atoms with Crippen LogP contribution in [0.3, 0.4) is 0 Å². The lowest BCUT2D eigenvalue weighted by Crippen LogP contribution is -2.22. The van der Waals surface area contributed by atoms with Crippen LogP contribution in [0, 0.1) is 5.92 Å². The van der Waals surface area contributed by atoms with Gasteiger partial charge < -0.3 is 9.47 Å². The minimum Gasteiger partial charge on any atom is -0.465 e. The highest BCUT2D eigenvalue weighted by Gasteiger charge is 2.37. The van der Waals surface area contributed by atoms with Crippen LogP contribution in [-0.2, 0) is 19.1 Å². The summed E-state index contributed by atoms with van der Waals surface area (Å²) in [6.07, 6.45) is 0.0507. The molecule has 0 bridgehead atoms. The van der Waals surface area contributed by atoms with Crippen molar-refractivity contribution in [3.05, 3.63) is 35.9 Å². The van der Waals surface area contributed by atoms with Gasteiger partial charge >= 0.3 is 11.9 Å². The van der Waals surface area contributed by atoms with Gasteiger partial charge in [0.05, 0.1) is 6.61 Å². The Morgan fingerprint density at radius 3 is 2.65 bits per heavy atom. The Hall–Kier alpha value is -1.84. The zero-order chi connectivity index (χ0) is 12.3. The normalized spacial score (nSPS) is 20.8. The molecule has 2 atom stereocenters. The summed E-state index contributed by atoms with van der Waals surface area (Å²) in [5.41, 5.74) is 0.826. The first-order valence-corrected chi connectivity index (χ1v) is 5.57. The molecule has 0 saturated carbocycles. The molecule has 1 aliphatic heterocycles. The summed E-state index contributed by atoms with van der Waals surface area (Å²) in [6.45, 7) is 1.74. The number of esters is 2. The molecule has 1 heterocycles. The number of benzene rings is 1. The summed E-state index contributed by atoms with van der Waals surface area (Å²) in [5, 5.41) is 0. The first-order valence-electron chi connectivity index (χ1n) is 5.57. The summed E-state index contributed by atoms with van der Waals surface area (Å²) in [5.74, 6) is -1.07. The van der Waals surface area contributed by atoms with Crippen LogP contribution in [0.4, 0.5) is 0 Å². The van der Waals surface area contributed by atoms with Crippen LogP contribution in [-0.4, -0.2) is 18.5 Å². The summed E-state index contributed by atoms with van der Waals surface area (Å²) < 4.78 is 10.2. The van der Waals surface area contributed by atoms with Crippen molar-refractivity contribution < 1.29 is 19.1 Å². The molecule has 0 spiro atoms. The number of rotatable bonds is 3. The molecule has 1 aromatic carbocycles. The van der Waals surface area contributed by atoms with E-state index in [9.17, 15) is 9.59 Å². The van der Waals surface area contributed by atoms with Gasteiger partial charge in [0.1, 0.15) is 12.0 Å². The second-order valence-corrected chi connectivity index (χ2v) is 4.00. The minimum atomic E-state index is -0.538. The van der Waals surface area contributed by atoms with E-state index in [1.807, 2.05) is 30.3 Å². The lowest BCUT2D eigenvalue weighted by atomic mass is 9.94. The number of hydrogen-bond donors (Lipinski definition) is 0. The van der Waals surface area contributed by atoms with E-state index in [0.717, 1.165) is 5.56 Å². The van der Waals surface area contributed by atoms with Crippen LogP contribution in [0.2, 0.25) is 0 Å². The Balaban J connectivity index is 2.25. The first-order chi connectivity index (χ1) is 8.18.